The van der Waals surface area contributed by atoms with Gasteiger partial charge in [0.2, 0.25) is 0 Å². The van der Waals surface area contributed by atoms with E-state index in [2.05, 4.69) is 18.2 Å². The first-order valence-electron chi connectivity index (χ1n) is 8.26. The van der Waals surface area contributed by atoms with Gasteiger partial charge in [0.1, 0.15) is 5.75 Å². The van der Waals surface area contributed by atoms with Crippen LogP contribution in [0.1, 0.15) is 30.0 Å². The maximum absolute atomic E-state index is 12.8. The number of fused-ring (bicyclic) bond motifs is 1. The molecule has 0 bridgehead atoms. The molecule has 0 fully saturated rings. The number of hydrogen-bond acceptors (Lipinski definition) is 2. The fraction of sp³-hybridized carbons (Fsp3) is 0.350. The van der Waals surface area contributed by atoms with Gasteiger partial charge in [-0.3, -0.25) is 4.79 Å². The smallest absolute Gasteiger partial charge is 0.263 e. The molecule has 0 unspecified atom stereocenters. The number of nitrogens with zero attached hydrogens (tertiary/aromatic N) is 1. The lowest BCUT2D eigenvalue weighted by atomic mass is 9.99. The average molecular weight is 309 g/mol. The van der Waals surface area contributed by atoms with Crippen molar-refractivity contribution in [2.75, 3.05) is 6.54 Å². The minimum atomic E-state index is -0.414. The fourth-order valence-electron chi connectivity index (χ4n) is 2.98. The molecule has 1 aliphatic heterocycles. The summed E-state index contributed by atoms with van der Waals surface area (Å²) in [6, 6.07) is 16.2. The molecule has 0 aliphatic carbocycles. The molecule has 1 heterocycles. The third-order valence-electron chi connectivity index (χ3n) is 4.39. The summed E-state index contributed by atoms with van der Waals surface area (Å²) >= 11 is 0. The maximum atomic E-state index is 12.8. The largest absolute Gasteiger partial charge is 0.481 e. The van der Waals surface area contributed by atoms with Crippen LogP contribution in [0.3, 0.4) is 0 Å². The van der Waals surface area contributed by atoms with E-state index < -0.39 is 6.10 Å². The quantitative estimate of drug-likeness (QED) is 0.861. The predicted molar refractivity (Wildman–Crippen MR) is 91.4 cm³/mol. The minimum absolute atomic E-state index is 0.0857. The second-order valence-corrected chi connectivity index (χ2v) is 6.11. The van der Waals surface area contributed by atoms with Crippen molar-refractivity contribution < 1.29 is 9.53 Å². The summed E-state index contributed by atoms with van der Waals surface area (Å²) < 4.78 is 5.93. The number of hydrogen-bond donors (Lipinski definition) is 0. The molecule has 1 aliphatic rings. The molecule has 3 rings (SSSR count). The molecule has 0 radical (unpaired) electrons. The molecular weight excluding hydrogens is 286 g/mol. The van der Waals surface area contributed by atoms with Gasteiger partial charge in [-0.05, 0) is 43.0 Å². The van der Waals surface area contributed by atoms with Crippen LogP contribution >= 0.6 is 0 Å². The molecule has 2 aromatic rings. The summed E-state index contributed by atoms with van der Waals surface area (Å²) in [6.07, 6.45) is 1.18. The lowest BCUT2D eigenvalue weighted by Crippen LogP contribution is -2.44. The highest BCUT2D eigenvalue weighted by atomic mass is 16.5. The molecule has 0 spiro atoms. The van der Waals surface area contributed by atoms with Gasteiger partial charge >= 0.3 is 0 Å². The van der Waals surface area contributed by atoms with E-state index in [1.807, 2.05) is 49.1 Å². The predicted octanol–water partition coefficient (Wildman–Crippen LogP) is 3.74. The van der Waals surface area contributed by atoms with Crippen LogP contribution in [0.4, 0.5) is 0 Å². The van der Waals surface area contributed by atoms with Crippen LogP contribution in [-0.2, 0) is 17.8 Å². The van der Waals surface area contributed by atoms with Crippen LogP contribution in [0.15, 0.2) is 48.5 Å². The summed E-state index contributed by atoms with van der Waals surface area (Å²) in [5.74, 6) is 0.843. The summed E-state index contributed by atoms with van der Waals surface area (Å²) in [7, 11) is 0. The first-order valence-corrected chi connectivity index (χ1v) is 8.26. The Morgan fingerprint density at radius 2 is 1.83 bits per heavy atom. The molecular formula is C20H23NO2. The molecule has 2 aromatic carbocycles. The molecule has 1 atom stereocenters. The second kappa shape index (κ2) is 6.86. The van der Waals surface area contributed by atoms with E-state index in [0.29, 0.717) is 13.0 Å². The zero-order valence-electron chi connectivity index (χ0n) is 13.8. The lowest BCUT2D eigenvalue weighted by molar-refractivity contribution is -0.139. The Morgan fingerprint density at radius 3 is 2.52 bits per heavy atom. The minimum Gasteiger partial charge on any atom is -0.481 e. The molecule has 0 aromatic heterocycles. The molecule has 0 N–H and O–H groups in total. The standard InChI is InChI=1S/C20H23NO2/c1-3-19(23-18-10-8-15(2)9-11-18)20(22)21-13-12-16-6-4-5-7-17(16)14-21/h4-11,19H,3,12-14H2,1-2H3/t19-/m0/s1. The number of carbonyl (C=O) groups is 1. The molecule has 1 amide bonds. The monoisotopic (exact) mass is 309 g/mol. The van der Waals surface area contributed by atoms with E-state index in [4.69, 9.17) is 4.74 Å². The third kappa shape index (κ3) is 3.55. The lowest BCUT2D eigenvalue weighted by Gasteiger charge is -2.31. The van der Waals surface area contributed by atoms with Crippen molar-refractivity contribution >= 4 is 5.91 Å². The summed E-state index contributed by atoms with van der Waals surface area (Å²) in [5, 5.41) is 0. The highest BCUT2D eigenvalue weighted by Gasteiger charge is 2.27. The first kappa shape index (κ1) is 15.6. The van der Waals surface area contributed by atoms with Crippen LogP contribution in [0.2, 0.25) is 0 Å². The Balaban J connectivity index is 1.69. The van der Waals surface area contributed by atoms with Gasteiger partial charge in [0.25, 0.3) is 5.91 Å². The van der Waals surface area contributed by atoms with Gasteiger partial charge in [-0.15, -0.1) is 0 Å². The number of ether oxygens (including phenoxy) is 1. The van der Waals surface area contributed by atoms with Crippen molar-refractivity contribution in [1.82, 2.24) is 4.90 Å². The number of amides is 1. The van der Waals surface area contributed by atoms with Crippen molar-refractivity contribution in [2.45, 2.75) is 39.3 Å². The number of benzene rings is 2. The number of carbonyl (C=O) groups excluding carboxylic acids is 1. The number of rotatable bonds is 4. The van der Waals surface area contributed by atoms with Gasteiger partial charge < -0.3 is 9.64 Å². The van der Waals surface area contributed by atoms with Crippen LogP contribution in [0.5, 0.6) is 5.75 Å². The molecule has 23 heavy (non-hydrogen) atoms. The van der Waals surface area contributed by atoms with E-state index in [1.165, 1.54) is 16.7 Å². The van der Waals surface area contributed by atoms with Crippen LogP contribution in [0, 0.1) is 6.92 Å². The number of aryl methyl sites for hydroxylation is 1. The van der Waals surface area contributed by atoms with Gasteiger partial charge in [-0.1, -0.05) is 48.9 Å². The van der Waals surface area contributed by atoms with Gasteiger partial charge in [0.15, 0.2) is 6.10 Å². The molecule has 120 valence electrons. The summed E-state index contributed by atoms with van der Waals surface area (Å²) in [4.78, 5) is 14.7. The van der Waals surface area contributed by atoms with Crippen LogP contribution in [0.25, 0.3) is 0 Å². The van der Waals surface area contributed by atoms with Crippen molar-refractivity contribution in [3.05, 3.63) is 65.2 Å². The third-order valence-corrected chi connectivity index (χ3v) is 4.39. The highest BCUT2D eigenvalue weighted by molar-refractivity contribution is 5.81. The van der Waals surface area contributed by atoms with E-state index >= 15 is 0 Å². The average Bonchev–Trinajstić information content (AvgIpc) is 2.60. The van der Waals surface area contributed by atoms with Crippen molar-refractivity contribution in [3.8, 4) is 5.75 Å². The first-order chi connectivity index (χ1) is 11.2. The highest BCUT2D eigenvalue weighted by Crippen LogP contribution is 2.21. The Hall–Kier alpha value is -2.29. The van der Waals surface area contributed by atoms with Crippen LogP contribution < -0.4 is 4.74 Å². The van der Waals surface area contributed by atoms with Crippen LogP contribution in [-0.4, -0.2) is 23.5 Å². The maximum Gasteiger partial charge on any atom is 0.263 e. The van der Waals surface area contributed by atoms with Gasteiger partial charge in [-0.2, -0.15) is 0 Å². The van der Waals surface area contributed by atoms with E-state index in [9.17, 15) is 4.79 Å². The SMILES string of the molecule is CC[C@H](Oc1ccc(C)cc1)C(=O)N1CCc2ccccc2C1. The zero-order chi connectivity index (χ0) is 16.2. The van der Waals surface area contributed by atoms with Gasteiger partial charge in [0.05, 0.1) is 0 Å². The summed E-state index contributed by atoms with van der Waals surface area (Å²) in [5.41, 5.74) is 3.78. The van der Waals surface area contributed by atoms with Crippen molar-refractivity contribution in [2.24, 2.45) is 0 Å². The van der Waals surface area contributed by atoms with E-state index in [0.717, 1.165) is 18.7 Å². The molecule has 3 nitrogen and oxygen atoms in total. The van der Waals surface area contributed by atoms with Gasteiger partial charge in [0, 0.05) is 13.1 Å². The topological polar surface area (TPSA) is 29.5 Å². The van der Waals surface area contributed by atoms with Crippen molar-refractivity contribution in [3.63, 3.8) is 0 Å². The van der Waals surface area contributed by atoms with E-state index in [-0.39, 0.29) is 5.91 Å². The Bertz CT molecular complexity index is 678. The van der Waals surface area contributed by atoms with Gasteiger partial charge in [-0.25, -0.2) is 0 Å². The fourth-order valence-corrected chi connectivity index (χ4v) is 2.98. The zero-order valence-corrected chi connectivity index (χ0v) is 13.8. The molecule has 0 saturated carbocycles. The molecule has 0 saturated heterocycles. The molecule has 3 heteroatoms. The van der Waals surface area contributed by atoms with E-state index in [1.54, 1.807) is 0 Å². The Kier molecular flexibility index (Phi) is 4.65. The second-order valence-electron chi connectivity index (χ2n) is 6.11. The van der Waals surface area contributed by atoms with Crippen molar-refractivity contribution in [1.29, 1.82) is 0 Å². The summed E-state index contributed by atoms with van der Waals surface area (Å²) in [6.45, 7) is 5.48. The Labute approximate surface area is 137 Å². The Morgan fingerprint density at radius 1 is 1.13 bits per heavy atom. The normalized spacial score (nSPS) is 15.0.